The minimum atomic E-state index is -3.69. The number of allylic oxidation sites excluding steroid dienone is 2. The molecule has 2 amide bonds. The molecule has 23 heavy (non-hydrogen) atoms. The largest absolute Gasteiger partial charge is 0.274 e. The van der Waals surface area contributed by atoms with Crippen LogP contribution in [-0.2, 0) is 24.4 Å². The van der Waals surface area contributed by atoms with Crippen molar-refractivity contribution in [1.29, 1.82) is 0 Å². The number of nitrogens with zero attached hydrogens (tertiary/aromatic N) is 1. The molecule has 4 unspecified atom stereocenters. The van der Waals surface area contributed by atoms with E-state index in [1.54, 1.807) is 24.3 Å². The Morgan fingerprint density at radius 1 is 1.09 bits per heavy atom. The number of anilines is 1. The molecule has 0 radical (unpaired) electrons. The van der Waals surface area contributed by atoms with Crippen molar-refractivity contribution in [3.05, 3.63) is 42.0 Å². The van der Waals surface area contributed by atoms with E-state index in [4.69, 9.17) is 10.7 Å². The molecule has 1 saturated heterocycles. The second-order valence-electron chi connectivity index (χ2n) is 6.36. The van der Waals surface area contributed by atoms with Crippen LogP contribution in [-0.4, -0.2) is 20.2 Å². The van der Waals surface area contributed by atoms with Crippen LogP contribution in [0.25, 0.3) is 0 Å². The molecular weight excluding hydrogens is 338 g/mol. The first-order chi connectivity index (χ1) is 10.8. The SMILES string of the molecule is O=C1C2C3C=CC(C3)C2C(=O)N1c1cccc(CS(=O)(=O)Cl)c1. The van der Waals surface area contributed by atoms with Crippen molar-refractivity contribution in [2.24, 2.45) is 23.7 Å². The fraction of sp³-hybridized carbons (Fsp3) is 0.375. The minimum Gasteiger partial charge on any atom is -0.274 e. The van der Waals surface area contributed by atoms with Crippen LogP contribution in [0.5, 0.6) is 0 Å². The monoisotopic (exact) mass is 351 g/mol. The van der Waals surface area contributed by atoms with Crippen LogP contribution in [0.15, 0.2) is 36.4 Å². The summed E-state index contributed by atoms with van der Waals surface area (Å²) in [5.41, 5.74) is 0.878. The average Bonchev–Trinajstić information content (AvgIpc) is 3.11. The fourth-order valence-corrected chi connectivity index (χ4v) is 5.10. The maximum absolute atomic E-state index is 12.7. The molecule has 4 atom stereocenters. The van der Waals surface area contributed by atoms with Gasteiger partial charge in [-0.3, -0.25) is 14.5 Å². The lowest BCUT2D eigenvalue weighted by molar-refractivity contribution is -0.123. The summed E-state index contributed by atoms with van der Waals surface area (Å²) in [6.45, 7) is 0. The Balaban J connectivity index is 1.68. The van der Waals surface area contributed by atoms with Gasteiger partial charge in [0.05, 0.1) is 23.3 Å². The zero-order valence-electron chi connectivity index (χ0n) is 12.1. The van der Waals surface area contributed by atoms with Gasteiger partial charge >= 0.3 is 0 Å². The molecule has 0 N–H and O–H groups in total. The fourth-order valence-electron chi connectivity index (χ4n) is 4.14. The van der Waals surface area contributed by atoms with Gasteiger partial charge in [0.25, 0.3) is 0 Å². The summed E-state index contributed by atoms with van der Waals surface area (Å²) in [4.78, 5) is 26.6. The third-order valence-corrected chi connectivity index (χ3v) is 5.98. The smallest absolute Gasteiger partial charge is 0.238 e. The van der Waals surface area contributed by atoms with Gasteiger partial charge in [-0.25, -0.2) is 8.42 Å². The number of rotatable bonds is 3. The molecule has 1 aromatic carbocycles. The second kappa shape index (κ2) is 4.92. The highest BCUT2D eigenvalue weighted by Gasteiger charge is 2.59. The third-order valence-electron chi connectivity index (χ3n) is 4.98. The van der Waals surface area contributed by atoms with E-state index in [2.05, 4.69) is 0 Å². The van der Waals surface area contributed by atoms with Gasteiger partial charge in [-0.2, -0.15) is 0 Å². The van der Waals surface area contributed by atoms with Crippen LogP contribution >= 0.6 is 10.7 Å². The quantitative estimate of drug-likeness (QED) is 0.475. The molecule has 0 spiro atoms. The van der Waals surface area contributed by atoms with Gasteiger partial charge < -0.3 is 0 Å². The topological polar surface area (TPSA) is 71.5 Å². The number of carbonyl (C=O) groups excluding carboxylic acids is 2. The van der Waals surface area contributed by atoms with E-state index in [0.717, 1.165) is 6.42 Å². The molecular formula is C16H14ClNO4S. The summed E-state index contributed by atoms with van der Waals surface area (Å²) >= 11 is 0. The molecule has 0 aromatic heterocycles. The summed E-state index contributed by atoms with van der Waals surface area (Å²) in [5.74, 6) is -0.921. The Labute approximate surface area is 138 Å². The number of carbonyl (C=O) groups is 2. The number of halogens is 1. The summed E-state index contributed by atoms with van der Waals surface area (Å²) in [6, 6.07) is 6.44. The van der Waals surface area contributed by atoms with E-state index >= 15 is 0 Å². The lowest BCUT2D eigenvalue weighted by atomic mass is 9.85. The zero-order valence-corrected chi connectivity index (χ0v) is 13.6. The molecule has 1 saturated carbocycles. The van der Waals surface area contributed by atoms with Gasteiger partial charge in [-0.05, 0) is 36.0 Å². The van der Waals surface area contributed by atoms with E-state index in [0.29, 0.717) is 11.3 Å². The van der Waals surface area contributed by atoms with Crippen molar-refractivity contribution in [1.82, 2.24) is 0 Å². The first kappa shape index (κ1) is 14.9. The Morgan fingerprint density at radius 2 is 1.70 bits per heavy atom. The van der Waals surface area contributed by atoms with Gasteiger partial charge in [0, 0.05) is 10.7 Å². The number of hydrogen-bond donors (Lipinski definition) is 0. The van der Waals surface area contributed by atoms with E-state index in [-0.39, 0.29) is 41.2 Å². The molecule has 120 valence electrons. The van der Waals surface area contributed by atoms with Gasteiger partial charge in [-0.15, -0.1) is 0 Å². The minimum absolute atomic E-state index is 0.151. The molecule has 1 heterocycles. The van der Waals surface area contributed by atoms with Crippen LogP contribution in [0.1, 0.15) is 12.0 Å². The molecule has 1 aliphatic heterocycles. The number of fused-ring (bicyclic) bond motifs is 5. The first-order valence-electron chi connectivity index (χ1n) is 7.42. The highest BCUT2D eigenvalue weighted by molar-refractivity contribution is 8.13. The van der Waals surface area contributed by atoms with Crippen molar-refractivity contribution >= 4 is 37.2 Å². The number of benzene rings is 1. The third kappa shape index (κ3) is 2.32. The summed E-state index contributed by atoms with van der Waals surface area (Å²) in [7, 11) is 1.58. The Bertz CT molecular complexity index is 817. The number of imide groups is 1. The van der Waals surface area contributed by atoms with Crippen molar-refractivity contribution < 1.29 is 18.0 Å². The molecule has 2 fully saturated rings. The summed E-state index contributed by atoms with van der Waals surface area (Å²) in [5, 5.41) is 0. The number of amides is 2. The van der Waals surface area contributed by atoms with Gasteiger partial charge in [0.2, 0.25) is 20.9 Å². The van der Waals surface area contributed by atoms with Crippen LogP contribution in [0.3, 0.4) is 0 Å². The van der Waals surface area contributed by atoms with Gasteiger partial charge in [-0.1, -0.05) is 24.3 Å². The molecule has 2 aliphatic carbocycles. The lowest BCUT2D eigenvalue weighted by Gasteiger charge is -2.18. The summed E-state index contributed by atoms with van der Waals surface area (Å²) in [6.07, 6.45) is 4.96. The van der Waals surface area contributed by atoms with Crippen molar-refractivity contribution in [3.8, 4) is 0 Å². The standard InChI is InChI=1S/C16H14ClNO4S/c17-23(21,22)8-9-2-1-3-12(6-9)18-15(19)13-10-4-5-11(7-10)14(13)16(18)20/h1-6,10-11,13-14H,7-8H2. The molecule has 5 nitrogen and oxygen atoms in total. The average molecular weight is 352 g/mol. The second-order valence-corrected chi connectivity index (χ2v) is 9.14. The van der Waals surface area contributed by atoms with Crippen LogP contribution < -0.4 is 4.90 Å². The van der Waals surface area contributed by atoms with Gasteiger partial charge in [0.15, 0.2) is 0 Å². The predicted molar refractivity (Wildman–Crippen MR) is 85.1 cm³/mol. The summed E-state index contributed by atoms with van der Waals surface area (Å²) < 4.78 is 22.5. The molecule has 1 aromatic rings. The Morgan fingerprint density at radius 3 is 2.26 bits per heavy atom. The van der Waals surface area contributed by atoms with Crippen molar-refractivity contribution in [3.63, 3.8) is 0 Å². The predicted octanol–water partition coefficient (Wildman–Crippen LogP) is 2.07. The lowest BCUT2D eigenvalue weighted by Crippen LogP contribution is -2.32. The molecule has 7 heteroatoms. The molecule has 4 rings (SSSR count). The van der Waals surface area contributed by atoms with Crippen LogP contribution in [0.2, 0.25) is 0 Å². The van der Waals surface area contributed by atoms with E-state index in [9.17, 15) is 18.0 Å². The van der Waals surface area contributed by atoms with Gasteiger partial charge in [0.1, 0.15) is 0 Å². The maximum atomic E-state index is 12.7. The van der Waals surface area contributed by atoms with E-state index in [1.807, 2.05) is 12.2 Å². The highest BCUT2D eigenvalue weighted by Crippen LogP contribution is 2.53. The van der Waals surface area contributed by atoms with Crippen molar-refractivity contribution in [2.75, 3.05) is 4.90 Å². The first-order valence-corrected chi connectivity index (χ1v) is 9.90. The zero-order chi connectivity index (χ0) is 16.4. The molecule has 3 aliphatic rings. The van der Waals surface area contributed by atoms with E-state index in [1.165, 1.54) is 4.90 Å². The Hall–Kier alpha value is -1.66. The maximum Gasteiger partial charge on any atom is 0.238 e. The van der Waals surface area contributed by atoms with Crippen LogP contribution in [0, 0.1) is 23.7 Å². The highest BCUT2D eigenvalue weighted by atomic mass is 35.7. The molecule has 2 bridgehead atoms. The Kier molecular flexibility index (Phi) is 3.19. The normalized spacial score (nSPS) is 32.0. The van der Waals surface area contributed by atoms with E-state index < -0.39 is 9.05 Å². The van der Waals surface area contributed by atoms with Crippen LogP contribution in [0.4, 0.5) is 5.69 Å². The number of hydrogen-bond acceptors (Lipinski definition) is 4. The van der Waals surface area contributed by atoms with Crippen molar-refractivity contribution in [2.45, 2.75) is 12.2 Å².